The second-order valence-corrected chi connectivity index (χ2v) is 9.20. The Balaban J connectivity index is 1.81. The van der Waals surface area contributed by atoms with Crippen molar-refractivity contribution in [2.75, 3.05) is 13.1 Å². The second kappa shape index (κ2) is 9.92. The van der Waals surface area contributed by atoms with Gasteiger partial charge >= 0.3 is 0 Å². The summed E-state index contributed by atoms with van der Waals surface area (Å²) < 4.78 is 25.6. The summed E-state index contributed by atoms with van der Waals surface area (Å²) >= 11 is 12.2. The van der Waals surface area contributed by atoms with E-state index in [-0.39, 0.29) is 11.9 Å². The topological polar surface area (TPSA) is 66.5 Å². The van der Waals surface area contributed by atoms with E-state index >= 15 is 0 Å². The number of aryl methyl sites for hydroxylation is 2. The lowest BCUT2D eigenvalue weighted by molar-refractivity contribution is -0.132. The Morgan fingerprint density at radius 2 is 1.85 bits per heavy atom. The molecule has 1 N–H and O–H groups in total. The second-order valence-electron chi connectivity index (χ2n) is 6.73. The number of carbonyl (C=O) groups is 1. The molecule has 0 atom stereocenters. The lowest BCUT2D eigenvalue weighted by Gasteiger charge is -2.32. The number of amides is 1. The molecule has 8 heteroatoms. The van der Waals surface area contributed by atoms with Gasteiger partial charge in [0.1, 0.15) is 0 Å². The zero-order valence-corrected chi connectivity index (χ0v) is 17.8. The fraction of sp³-hybridized carbons (Fsp3) is 0.526. The number of nitrogens with one attached hydrogen (secondary N) is 1. The lowest BCUT2D eigenvalue weighted by atomic mass is 9.99. The van der Waals surface area contributed by atoms with Gasteiger partial charge in [-0.25, -0.2) is 13.1 Å². The van der Waals surface area contributed by atoms with Gasteiger partial charge in [0, 0.05) is 31.0 Å². The summed E-state index contributed by atoms with van der Waals surface area (Å²) in [5, 5.41) is 2.01. The van der Waals surface area contributed by atoms with Crippen LogP contribution in [0.2, 0.25) is 10.0 Å². The van der Waals surface area contributed by atoms with Crippen molar-refractivity contribution in [3.8, 4) is 0 Å². The van der Waals surface area contributed by atoms with E-state index in [2.05, 4.69) is 18.2 Å². The molecule has 1 aromatic rings. The van der Waals surface area contributed by atoms with E-state index in [9.17, 15) is 13.2 Å². The predicted octanol–water partition coefficient (Wildman–Crippen LogP) is 3.93. The molecule has 2 rings (SSSR count). The van der Waals surface area contributed by atoms with Crippen molar-refractivity contribution in [1.29, 1.82) is 0 Å². The van der Waals surface area contributed by atoms with E-state index in [0.717, 1.165) is 35.8 Å². The molecular weight excluding hydrogens is 407 g/mol. The third kappa shape index (κ3) is 6.49. The summed E-state index contributed by atoms with van der Waals surface area (Å²) in [6.07, 6.45) is 4.09. The highest BCUT2D eigenvalue weighted by atomic mass is 35.5. The summed E-state index contributed by atoms with van der Waals surface area (Å²) in [6, 6.07) is 3.65. The molecule has 27 heavy (non-hydrogen) atoms. The van der Waals surface area contributed by atoms with Crippen LogP contribution in [-0.4, -0.2) is 38.4 Å². The Bertz CT molecular complexity index is 788. The van der Waals surface area contributed by atoms with Gasteiger partial charge in [-0.3, -0.25) is 4.79 Å². The van der Waals surface area contributed by atoms with E-state index in [1.807, 2.05) is 17.0 Å². The van der Waals surface area contributed by atoms with Crippen molar-refractivity contribution in [3.63, 3.8) is 0 Å². The number of rotatable bonds is 8. The van der Waals surface area contributed by atoms with Crippen molar-refractivity contribution >= 4 is 39.1 Å². The summed E-state index contributed by atoms with van der Waals surface area (Å²) in [7, 11) is -3.42. The maximum absolute atomic E-state index is 12.4. The Hall–Kier alpha value is -1.08. The summed E-state index contributed by atoms with van der Waals surface area (Å²) in [4.78, 5) is 14.2. The number of hydrogen-bond donors (Lipinski definition) is 1. The normalized spacial score (nSPS) is 15.7. The van der Waals surface area contributed by atoms with Gasteiger partial charge in [-0.2, -0.15) is 0 Å². The van der Waals surface area contributed by atoms with E-state index in [4.69, 9.17) is 23.2 Å². The first-order valence-electron chi connectivity index (χ1n) is 9.15. The van der Waals surface area contributed by atoms with Crippen LogP contribution in [0, 0.1) is 0 Å². The molecule has 1 amide bonds. The van der Waals surface area contributed by atoms with Crippen LogP contribution >= 0.6 is 23.2 Å². The van der Waals surface area contributed by atoms with Crippen molar-refractivity contribution in [3.05, 3.63) is 45.3 Å². The molecule has 0 spiro atoms. The van der Waals surface area contributed by atoms with Crippen LogP contribution in [0.25, 0.3) is 0 Å². The Morgan fingerprint density at radius 3 is 2.41 bits per heavy atom. The third-order valence-corrected chi connectivity index (χ3v) is 6.68. The third-order valence-electron chi connectivity index (χ3n) is 4.86. The van der Waals surface area contributed by atoms with Gasteiger partial charge in [0.15, 0.2) is 0 Å². The molecule has 0 bridgehead atoms. The number of piperidine rings is 1. The van der Waals surface area contributed by atoms with Crippen LogP contribution in [0.3, 0.4) is 0 Å². The van der Waals surface area contributed by atoms with Gasteiger partial charge in [-0.05, 0) is 55.4 Å². The molecule has 0 radical (unpaired) electrons. The Kier molecular flexibility index (Phi) is 8.16. The first-order chi connectivity index (χ1) is 12.8. The molecule has 1 aliphatic rings. The minimum Gasteiger partial charge on any atom is -0.343 e. The van der Waals surface area contributed by atoms with Crippen molar-refractivity contribution in [2.45, 2.75) is 51.5 Å². The van der Waals surface area contributed by atoms with Gasteiger partial charge in [-0.15, -0.1) is 0 Å². The lowest BCUT2D eigenvalue weighted by Crippen LogP contribution is -2.46. The summed E-state index contributed by atoms with van der Waals surface area (Å²) in [5.74, 6) is 0.109. The first kappa shape index (κ1) is 22.2. The molecule has 1 fully saturated rings. The largest absolute Gasteiger partial charge is 0.343 e. The van der Waals surface area contributed by atoms with Crippen molar-refractivity contribution in [2.24, 2.45) is 0 Å². The van der Waals surface area contributed by atoms with Crippen LogP contribution in [0.15, 0.2) is 24.1 Å². The number of sulfonamides is 1. The predicted molar refractivity (Wildman–Crippen MR) is 111 cm³/mol. The van der Waals surface area contributed by atoms with Crippen LogP contribution in [0.1, 0.15) is 43.7 Å². The smallest absolute Gasteiger partial charge is 0.233 e. The zero-order chi connectivity index (χ0) is 20.0. The summed E-state index contributed by atoms with van der Waals surface area (Å²) in [6.45, 7) is 6.49. The van der Waals surface area contributed by atoms with E-state index in [1.54, 1.807) is 0 Å². The fourth-order valence-electron chi connectivity index (χ4n) is 3.31. The maximum Gasteiger partial charge on any atom is 0.233 e. The first-order valence-corrected chi connectivity index (χ1v) is 11.4. The highest BCUT2D eigenvalue weighted by Gasteiger charge is 2.24. The molecule has 0 saturated carbocycles. The minimum atomic E-state index is -3.42. The summed E-state index contributed by atoms with van der Waals surface area (Å²) in [5.41, 5.74) is 2.30. The standard InChI is InChI=1S/C19H26Cl2N2O3S/c1-3-14-12-17(20)18(21)13-15(14)6-5-7-19(24)23-10-8-16(9-11-23)22-27(25,26)4-2/h4,12-13,16,22H,2-3,5-11H2,1H3. The van der Waals surface area contributed by atoms with E-state index in [1.165, 1.54) is 0 Å². The molecule has 0 aliphatic carbocycles. The monoisotopic (exact) mass is 432 g/mol. The van der Waals surface area contributed by atoms with Gasteiger partial charge in [0.25, 0.3) is 0 Å². The van der Waals surface area contributed by atoms with Crippen LogP contribution in [0.5, 0.6) is 0 Å². The molecule has 1 saturated heterocycles. The van der Waals surface area contributed by atoms with Crippen LogP contribution in [0.4, 0.5) is 0 Å². The maximum atomic E-state index is 12.4. The highest BCUT2D eigenvalue weighted by molar-refractivity contribution is 7.92. The molecule has 5 nitrogen and oxygen atoms in total. The van der Waals surface area contributed by atoms with Gasteiger partial charge in [-0.1, -0.05) is 36.7 Å². The molecule has 1 aliphatic heterocycles. The molecule has 1 aromatic carbocycles. The fourth-order valence-corrected chi connectivity index (χ4v) is 4.48. The number of carbonyl (C=O) groups excluding carboxylic acids is 1. The quantitative estimate of drug-likeness (QED) is 0.676. The van der Waals surface area contributed by atoms with Gasteiger partial charge in [0.05, 0.1) is 10.0 Å². The zero-order valence-electron chi connectivity index (χ0n) is 15.5. The SMILES string of the molecule is C=CS(=O)(=O)NC1CCN(C(=O)CCCc2cc(Cl)c(Cl)cc2CC)CC1. The van der Waals surface area contributed by atoms with Gasteiger partial charge < -0.3 is 4.90 Å². The van der Waals surface area contributed by atoms with Crippen LogP contribution < -0.4 is 4.72 Å². The number of halogens is 2. The average molecular weight is 433 g/mol. The van der Waals surface area contributed by atoms with E-state index < -0.39 is 10.0 Å². The molecule has 150 valence electrons. The van der Waals surface area contributed by atoms with Crippen LogP contribution in [-0.2, 0) is 27.7 Å². The van der Waals surface area contributed by atoms with Crippen molar-refractivity contribution in [1.82, 2.24) is 9.62 Å². The Morgan fingerprint density at radius 1 is 1.26 bits per heavy atom. The van der Waals surface area contributed by atoms with Crippen molar-refractivity contribution < 1.29 is 13.2 Å². The minimum absolute atomic E-state index is 0.109. The number of likely N-dealkylation sites (tertiary alicyclic amines) is 1. The molecule has 0 unspecified atom stereocenters. The number of nitrogens with zero attached hydrogens (tertiary/aromatic N) is 1. The average Bonchev–Trinajstić information content (AvgIpc) is 2.64. The van der Waals surface area contributed by atoms with E-state index in [0.29, 0.717) is 42.4 Å². The Labute approximate surface area is 171 Å². The molecule has 1 heterocycles. The van der Waals surface area contributed by atoms with Gasteiger partial charge in [0.2, 0.25) is 15.9 Å². The number of hydrogen-bond acceptors (Lipinski definition) is 3. The molecule has 0 aromatic heterocycles. The number of benzene rings is 1. The highest BCUT2D eigenvalue weighted by Crippen LogP contribution is 2.27. The molecular formula is C19H26Cl2N2O3S.